The number of benzene rings is 1. The highest BCUT2D eigenvalue weighted by Crippen LogP contribution is 2.20. The normalized spacial score (nSPS) is 16.7. The molecule has 0 spiro atoms. The van der Waals surface area contributed by atoms with Gasteiger partial charge in [0, 0.05) is 18.7 Å². The van der Waals surface area contributed by atoms with Crippen LogP contribution in [0.3, 0.4) is 0 Å². The first-order valence-corrected chi connectivity index (χ1v) is 5.45. The summed E-state index contributed by atoms with van der Waals surface area (Å²) in [5, 5.41) is 2.03. The maximum absolute atomic E-state index is 11.0. The van der Waals surface area contributed by atoms with Crippen molar-refractivity contribution in [1.82, 2.24) is 5.01 Å². The molecule has 1 aromatic carbocycles. The van der Waals surface area contributed by atoms with Crippen LogP contribution in [0, 0.1) is 0 Å². The maximum atomic E-state index is 11.0. The van der Waals surface area contributed by atoms with E-state index in [0.29, 0.717) is 24.5 Å². The lowest BCUT2D eigenvalue weighted by Crippen LogP contribution is -2.40. The fourth-order valence-electron chi connectivity index (χ4n) is 1.66. The van der Waals surface area contributed by atoms with Crippen molar-refractivity contribution in [3.8, 4) is 0 Å². The summed E-state index contributed by atoms with van der Waals surface area (Å²) < 4.78 is 5.24. The fourth-order valence-corrected chi connectivity index (χ4v) is 1.66. The van der Waals surface area contributed by atoms with E-state index < -0.39 is 5.91 Å². The summed E-state index contributed by atoms with van der Waals surface area (Å²) in [6.45, 7) is 3.01. The number of anilines is 2. The van der Waals surface area contributed by atoms with Crippen LogP contribution in [0.15, 0.2) is 18.2 Å². The SMILES string of the molecule is NC(=O)c1ccc(NN2CCOCC2)c(N)c1. The minimum atomic E-state index is -0.477. The van der Waals surface area contributed by atoms with Gasteiger partial charge in [0.25, 0.3) is 0 Å². The average Bonchev–Trinajstić information content (AvgIpc) is 2.33. The number of ether oxygens (including phenoxy) is 1. The molecule has 0 saturated carbocycles. The summed E-state index contributed by atoms with van der Waals surface area (Å²) in [6.07, 6.45) is 0. The number of hydrogen-bond acceptors (Lipinski definition) is 5. The summed E-state index contributed by atoms with van der Waals surface area (Å²) in [7, 11) is 0. The lowest BCUT2D eigenvalue weighted by atomic mass is 10.1. The number of amides is 1. The predicted octanol–water partition coefficient (Wildman–Crippen LogP) is 0.0268. The molecule has 0 aliphatic carbocycles. The highest BCUT2D eigenvalue weighted by Gasteiger charge is 2.12. The van der Waals surface area contributed by atoms with E-state index in [1.54, 1.807) is 18.2 Å². The predicted molar refractivity (Wildman–Crippen MR) is 65.4 cm³/mol. The minimum Gasteiger partial charge on any atom is -0.397 e. The third-order valence-corrected chi connectivity index (χ3v) is 2.63. The molecule has 1 aliphatic heterocycles. The van der Waals surface area contributed by atoms with Crippen molar-refractivity contribution in [2.45, 2.75) is 0 Å². The van der Waals surface area contributed by atoms with Crippen molar-refractivity contribution in [1.29, 1.82) is 0 Å². The van der Waals surface area contributed by atoms with Gasteiger partial charge in [0.15, 0.2) is 0 Å². The molecule has 2 rings (SSSR count). The zero-order chi connectivity index (χ0) is 12.3. The molecule has 1 amide bonds. The Morgan fingerprint density at radius 3 is 2.65 bits per heavy atom. The molecular weight excluding hydrogens is 220 g/mol. The Labute approximate surface area is 99.5 Å². The number of hydrogen-bond donors (Lipinski definition) is 3. The van der Waals surface area contributed by atoms with E-state index in [0.717, 1.165) is 18.8 Å². The third kappa shape index (κ3) is 2.86. The molecule has 6 heteroatoms. The van der Waals surface area contributed by atoms with Crippen LogP contribution >= 0.6 is 0 Å². The number of nitrogen functional groups attached to an aromatic ring is 1. The van der Waals surface area contributed by atoms with Crippen LogP contribution in [0.2, 0.25) is 0 Å². The summed E-state index contributed by atoms with van der Waals surface area (Å²) in [6, 6.07) is 4.98. The van der Waals surface area contributed by atoms with Gasteiger partial charge in [0.2, 0.25) is 5.91 Å². The lowest BCUT2D eigenvalue weighted by Gasteiger charge is -2.28. The van der Waals surface area contributed by atoms with Crippen molar-refractivity contribution in [2.24, 2.45) is 5.73 Å². The zero-order valence-corrected chi connectivity index (χ0v) is 9.48. The van der Waals surface area contributed by atoms with Gasteiger partial charge in [-0.25, -0.2) is 5.01 Å². The second kappa shape index (κ2) is 5.03. The molecule has 0 radical (unpaired) electrons. The molecule has 0 aromatic heterocycles. The maximum Gasteiger partial charge on any atom is 0.248 e. The van der Waals surface area contributed by atoms with E-state index >= 15 is 0 Å². The molecule has 1 saturated heterocycles. The summed E-state index contributed by atoms with van der Waals surface area (Å²) >= 11 is 0. The monoisotopic (exact) mass is 236 g/mol. The summed E-state index contributed by atoms with van der Waals surface area (Å²) in [5.41, 5.74) is 15.9. The molecule has 6 nitrogen and oxygen atoms in total. The number of morpholine rings is 1. The number of primary amides is 1. The van der Waals surface area contributed by atoms with E-state index in [2.05, 4.69) is 5.43 Å². The van der Waals surface area contributed by atoms with Crippen LogP contribution in [-0.2, 0) is 4.74 Å². The lowest BCUT2D eigenvalue weighted by molar-refractivity contribution is 0.0497. The molecule has 1 aliphatic rings. The fraction of sp³-hybridized carbons (Fsp3) is 0.364. The zero-order valence-electron chi connectivity index (χ0n) is 9.48. The molecule has 0 unspecified atom stereocenters. The molecule has 0 atom stereocenters. The van der Waals surface area contributed by atoms with Crippen LogP contribution in [0.4, 0.5) is 11.4 Å². The number of nitrogens with two attached hydrogens (primary N) is 2. The quantitative estimate of drug-likeness (QED) is 0.644. The van der Waals surface area contributed by atoms with Gasteiger partial charge < -0.3 is 21.6 Å². The van der Waals surface area contributed by atoms with Gasteiger partial charge in [0.05, 0.1) is 24.6 Å². The Hall–Kier alpha value is -1.79. The Bertz CT molecular complexity index is 416. The summed E-state index contributed by atoms with van der Waals surface area (Å²) in [4.78, 5) is 11.0. The Balaban J connectivity index is 2.08. The number of carbonyl (C=O) groups excluding carboxylic acids is 1. The molecule has 1 aromatic rings. The Kier molecular flexibility index (Phi) is 3.46. The van der Waals surface area contributed by atoms with E-state index in [1.165, 1.54) is 0 Å². The molecular formula is C11H16N4O2. The van der Waals surface area contributed by atoms with Crippen LogP contribution in [0.5, 0.6) is 0 Å². The summed E-state index contributed by atoms with van der Waals surface area (Å²) in [5.74, 6) is -0.477. The first kappa shape index (κ1) is 11.7. The van der Waals surface area contributed by atoms with E-state index in [1.807, 2.05) is 5.01 Å². The van der Waals surface area contributed by atoms with E-state index in [-0.39, 0.29) is 0 Å². The Morgan fingerprint density at radius 2 is 2.06 bits per heavy atom. The topological polar surface area (TPSA) is 93.6 Å². The first-order valence-electron chi connectivity index (χ1n) is 5.45. The van der Waals surface area contributed by atoms with Gasteiger partial charge in [-0.05, 0) is 18.2 Å². The molecule has 1 heterocycles. The Morgan fingerprint density at radius 1 is 1.35 bits per heavy atom. The average molecular weight is 236 g/mol. The molecule has 1 fully saturated rings. The van der Waals surface area contributed by atoms with Gasteiger partial charge in [0.1, 0.15) is 0 Å². The van der Waals surface area contributed by atoms with Gasteiger partial charge in [-0.1, -0.05) is 0 Å². The van der Waals surface area contributed by atoms with Crippen molar-refractivity contribution in [2.75, 3.05) is 37.5 Å². The van der Waals surface area contributed by atoms with Crippen molar-refractivity contribution in [3.05, 3.63) is 23.8 Å². The van der Waals surface area contributed by atoms with Crippen molar-refractivity contribution < 1.29 is 9.53 Å². The highest BCUT2D eigenvalue weighted by atomic mass is 16.5. The first-order chi connectivity index (χ1) is 8.16. The van der Waals surface area contributed by atoms with Crippen LogP contribution < -0.4 is 16.9 Å². The van der Waals surface area contributed by atoms with Gasteiger partial charge in [-0.2, -0.15) is 0 Å². The van der Waals surface area contributed by atoms with Crippen molar-refractivity contribution >= 4 is 17.3 Å². The number of nitrogens with zero attached hydrogens (tertiary/aromatic N) is 1. The minimum absolute atomic E-state index is 0.412. The highest BCUT2D eigenvalue weighted by molar-refractivity contribution is 5.94. The van der Waals surface area contributed by atoms with Crippen LogP contribution in [-0.4, -0.2) is 37.2 Å². The molecule has 5 N–H and O–H groups in total. The van der Waals surface area contributed by atoms with Gasteiger partial charge in [-0.3, -0.25) is 4.79 Å². The number of carbonyl (C=O) groups is 1. The second-order valence-corrected chi connectivity index (χ2v) is 3.88. The van der Waals surface area contributed by atoms with Gasteiger partial charge in [-0.15, -0.1) is 0 Å². The molecule has 17 heavy (non-hydrogen) atoms. The number of rotatable bonds is 3. The standard InChI is InChI=1S/C11H16N4O2/c12-9-7-8(11(13)16)1-2-10(9)14-15-3-5-17-6-4-15/h1-2,7,14H,3-6,12H2,(H2,13,16). The van der Waals surface area contributed by atoms with Crippen molar-refractivity contribution in [3.63, 3.8) is 0 Å². The van der Waals surface area contributed by atoms with E-state index in [4.69, 9.17) is 16.2 Å². The van der Waals surface area contributed by atoms with Gasteiger partial charge >= 0.3 is 0 Å². The largest absolute Gasteiger partial charge is 0.397 e. The van der Waals surface area contributed by atoms with Crippen LogP contribution in [0.1, 0.15) is 10.4 Å². The number of nitrogens with one attached hydrogen (secondary N) is 1. The van der Waals surface area contributed by atoms with Crippen LogP contribution in [0.25, 0.3) is 0 Å². The third-order valence-electron chi connectivity index (χ3n) is 2.63. The smallest absolute Gasteiger partial charge is 0.248 e. The molecule has 92 valence electrons. The molecule has 0 bridgehead atoms. The van der Waals surface area contributed by atoms with E-state index in [9.17, 15) is 4.79 Å². The number of hydrazine groups is 1. The second-order valence-electron chi connectivity index (χ2n) is 3.88.